The van der Waals surface area contributed by atoms with Crippen LogP contribution in [0.15, 0.2) is 53.6 Å². The zero-order valence-electron chi connectivity index (χ0n) is 16.7. The summed E-state index contributed by atoms with van der Waals surface area (Å²) in [5.41, 5.74) is 6.82. The van der Waals surface area contributed by atoms with E-state index in [4.69, 9.17) is 0 Å². The highest BCUT2D eigenvalue weighted by molar-refractivity contribution is 6.00. The first-order valence-corrected chi connectivity index (χ1v) is 9.80. The highest BCUT2D eigenvalue weighted by Crippen LogP contribution is 2.25. The van der Waals surface area contributed by atoms with Crippen molar-refractivity contribution in [2.24, 2.45) is 11.0 Å². The molecule has 0 bridgehead atoms. The Morgan fingerprint density at radius 3 is 2.46 bits per heavy atom. The van der Waals surface area contributed by atoms with Crippen LogP contribution in [0.2, 0.25) is 0 Å². The second-order valence-electron chi connectivity index (χ2n) is 7.48. The van der Waals surface area contributed by atoms with Crippen LogP contribution in [0.1, 0.15) is 49.8 Å². The Morgan fingerprint density at radius 1 is 1.18 bits per heavy atom. The van der Waals surface area contributed by atoms with Crippen molar-refractivity contribution in [3.8, 4) is 0 Å². The highest BCUT2D eigenvalue weighted by Gasteiger charge is 2.35. The molecule has 0 unspecified atom stereocenters. The van der Waals surface area contributed by atoms with E-state index in [1.54, 1.807) is 11.1 Å². The number of hydrogen-bond donors (Lipinski definition) is 1. The van der Waals surface area contributed by atoms with E-state index < -0.39 is 0 Å². The summed E-state index contributed by atoms with van der Waals surface area (Å²) < 4.78 is 0. The van der Waals surface area contributed by atoms with Gasteiger partial charge in [-0.2, -0.15) is 5.10 Å². The summed E-state index contributed by atoms with van der Waals surface area (Å²) in [5, 5.41) is 4.05. The standard InChI is InChI=1S/C23H27N3O2/c1-4-17-7-11-21(12-8-17)26-15-20(13-22(26)27)23(28)25-24-14-18-5-9-19(10-6-18)16(2)3/h5-12,14,16,20H,4,13,15H2,1-3H3,(H,25,28)/b24-14+/t20-/m0/s1. The van der Waals surface area contributed by atoms with Gasteiger partial charge in [0.25, 0.3) is 0 Å². The molecule has 3 rings (SSSR count). The Kier molecular flexibility index (Phi) is 6.24. The predicted octanol–water partition coefficient (Wildman–Crippen LogP) is 3.88. The van der Waals surface area contributed by atoms with E-state index in [9.17, 15) is 9.59 Å². The van der Waals surface area contributed by atoms with E-state index in [-0.39, 0.29) is 24.2 Å². The molecule has 1 heterocycles. The van der Waals surface area contributed by atoms with Crippen LogP contribution in [0.5, 0.6) is 0 Å². The number of nitrogens with one attached hydrogen (secondary N) is 1. The minimum absolute atomic E-state index is 0.0300. The topological polar surface area (TPSA) is 61.8 Å². The summed E-state index contributed by atoms with van der Waals surface area (Å²) in [7, 11) is 0. The molecule has 0 spiro atoms. The second kappa shape index (κ2) is 8.83. The third kappa shape index (κ3) is 4.66. The van der Waals surface area contributed by atoms with Crippen LogP contribution in [-0.2, 0) is 16.0 Å². The Hall–Kier alpha value is -2.95. The molecule has 1 fully saturated rings. The van der Waals surface area contributed by atoms with Crippen LogP contribution in [0.25, 0.3) is 0 Å². The van der Waals surface area contributed by atoms with Gasteiger partial charge in [0.05, 0.1) is 12.1 Å². The van der Waals surface area contributed by atoms with Crippen molar-refractivity contribution in [3.63, 3.8) is 0 Å². The smallest absolute Gasteiger partial charge is 0.245 e. The predicted molar refractivity (Wildman–Crippen MR) is 113 cm³/mol. The van der Waals surface area contributed by atoms with Gasteiger partial charge in [-0.05, 0) is 41.2 Å². The Morgan fingerprint density at radius 2 is 1.86 bits per heavy atom. The van der Waals surface area contributed by atoms with Gasteiger partial charge in [-0.1, -0.05) is 57.2 Å². The molecular weight excluding hydrogens is 350 g/mol. The minimum Gasteiger partial charge on any atom is -0.312 e. The number of amides is 2. The van der Waals surface area contributed by atoms with Crippen LogP contribution in [-0.4, -0.2) is 24.6 Å². The SMILES string of the molecule is CCc1ccc(N2C[C@@H](C(=O)N/N=C/c3ccc(C(C)C)cc3)CC2=O)cc1. The third-order valence-corrected chi connectivity index (χ3v) is 5.14. The van der Waals surface area contributed by atoms with E-state index in [0.29, 0.717) is 12.5 Å². The van der Waals surface area contributed by atoms with Gasteiger partial charge in [0.15, 0.2) is 0 Å². The van der Waals surface area contributed by atoms with Crippen molar-refractivity contribution in [2.45, 2.75) is 39.5 Å². The maximum Gasteiger partial charge on any atom is 0.245 e. The van der Waals surface area contributed by atoms with Gasteiger partial charge < -0.3 is 4.90 Å². The van der Waals surface area contributed by atoms with Crippen molar-refractivity contribution in [2.75, 3.05) is 11.4 Å². The number of aryl methyl sites for hydroxylation is 1. The number of rotatable bonds is 6. The van der Waals surface area contributed by atoms with Crippen molar-refractivity contribution in [1.82, 2.24) is 5.43 Å². The minimum atomic E-state index is -0.390. The van der Waals surface area contributed by atoms with Crippen molar-refractivity contribution in [3.05, 3.63) is 65.2 Å². The summed E-state index contributed by atoms with van der Waals surface area (Å²) in [6.07, 6.45) is 2.79. The maximum absolute atomic E-state index is 12.4. The molecule has 1 atom stereocenters. The summed E-state index contributed by atoms with van der Waals surface area (Å²) in [6.45, 7) is 6.77. The Labute approximate surface area is 166 Å². The monoisotopic (exact) mass is 377 g/mol. The lowest BCUT2D eigenvalue weighted by atomic mass is 10.0. The zero-order chi connectivity index (χ0) is 20.1. The van der Waals surface area contributed by atoms with Gasteiger partial charge in [-0.15, -0.1) is 0 Å². The van der Waals surface area contributed by atoms with Gasteiger partial charge >= 0.3 is 0 Å². The summed E-state index contributed by atoms with van der Waals surface area (Å²) in [4.78, 5) is 26.4. The fraction of sp³-hybridized carbons (Fsp3) is 0.348. The lowest BCUT2D eigenvalue weighted by molar-refractivity contribution is -0.126. The van der Waals surface area contributed by atoms with Crippen molar-refractivity contribution < 1.29 is 9.59 Å². The Balaban J connectivity index is 1.56. The van der Waals surface area contributed by atoms with Crippen LogP contribution >= 0.6 is 0 Å². The number of nitrogens with zero attached hydrogens (tertiary/aromatic N) is 2. The molecule has 0 saturated carbocycles. The molecule has 0 aliphatic carbocycles. The van der Waals surface area contributed by atoms with Crippen molar-refractivity contribution in [1.29, 1.82) is 0 Å². The number of hydrogen-bond acceptors (Lipinski definition) is 3. The van der Waals surface area contributed by atoms with Crippen LogP contribution < -0.4 is 10.3 Å². The first-order valence-electron chi connectivity index (χ1n) is 9.80. The zero-order valence-corrected chi connectivity index (χ0v) is 16.7. The molecule has 1 N–H and O–H groups in total. The number of benzene rings is 2. The van der Waals surface area contributed by atoms with Gasteiger partial charge in [-0.3, -0.25) is 9.59 Å². The Bertz CT molecular complexity index is 854. The molecule has 5 nitrogen and oxygen atoms in total. The number of anilines is 1. The van der Waals surface area contributed by atoms with Gasteiger partial charge in [0, 0.05) is 18.7 Å². The van der Waals surface area contributed by atoms with E-state index in [1.165, 1.54) is 11.1 Å². The molecule has 146 valence electrons. The molecule has 1 aliphatic rings. The summed E-state index contributed by atoms with van der Waals surface area (Å²) in [5.74, 6) is -0.167. The lowest BCUT2D eigenvalue weighted by Gasteiger charge is -2.16. The van der Waals surface area contributed by atoms with Crippen molar-refractivity contribution >= 4 is 23.7 Å². The normalized spacial score (nSPS) is 16.9. The van der Waals surface area contributed by atoms with Crippen LogP contribution in [0.4, 0.5) is 5.69 Å². The average Bonchev–Trinajstić information content (AvgIpc) is 3.10. The average molecular weight is 377 g/mol. The fourth-order valence-electron chi connectivity index (χ4n) is 3.27. The molecule has 0 aromatic heterocycles. The van der Waals surface area contributed by atoms with Gasteiger partial charge in [0.2, 0.25) is 11.8 Å². The third-order valence-electron chi connectivity index (χ3n) is 5.14. The first-order chi connectivity index (χ1) is 13.5. The fourth-order valence-corrected chi connectivity index (χ4v) is 3.27. The number of carbonyl (C=O) groups is 2. The largest absolute Gasteiger partial charge is 0.312 e. The van der Waals surface area contributed by atoms with Gasteiger partial charge in [-0.25, -0.2) is 5.43 Å². The molecule has 2 aromatic carbocycles. The molecule has 2 aromatic rings. The van der Waals surface area contributed by atoms with E-state index in [2.05, 4.69) is 43.4 Å². The molecule has 1 aliphatic heterocycles. The van der Waals surface area contributed by atoms with E-state index in [0.717, 1.165) is 17.7 Å². The van der Waals surface area contributed by atoms with E-state index in [1.807, 2.05) is 36.4 Å². The van der Waals surface area contributed by atoms with Crippen LogP contribution in [0, 0.1) is 5.92 Å². The highest BCUT2D eigenvalue weighted by atomic mass is 16.2. The van der Waals surface area contributed by atoms with E-state index >= 15 is 0 Å². The van der Waals surface area contributed by atoms with Crippen LogP contribution in [0.3, 0.4) is 0 Å². The molecule has 0 radical (unpaired) electrons. The molecule has 2 amide bonds. The molecular formula is C23H27N3O2. The molecule has 5 heteroatoms. The molecule has 1 saturated heterocycles. The van der Waals surface area contributed by atoms with Gasteiger partial charge in [0.1, 0.15) is 0 Å². The maximum atomic E-state index is 12.4. The first kappa shape index (κ1) is 19.8. The summed E-state index contributed by atoms with van der Waals surface area (Å²) in [6, 6.07) is 16.0. The number of hydrazone groups is 1. The lowest BCUT2D eigenvalue weighted by Crippen LogP contribution is -2.30. The quantitative estimate of drug-likeness (QED) is 0.613. The molecule has 28 heavy (non-hydrogen) atoms. The summed E-state index contributed by atoms with van der Waals surface area (Å²) >= 11 is 0. The number of carbonyl (C=O) groups excluding carboxylic acids is 2. The second-order valence-corrected chi connectivity index (χ2v) is 7.48.